The minimum atomic E-state index is -0.639. The lowest BCUT2D eigenvalue weighted by Crippen LogP contribution is -2.30. The van der Waals surface area contributed by atoms with Crippen LogP contribution < -0.4 is 0 Å². The van der Waals surface area contributed by atoms with Crippen molar-refractivity contribution in [1.29, 1.82) is 0 Å². The van der Waals surface area contributed by atoms with Gasteiger partial charge in [0.15, 0.2) is 0 Å². The van der Waals surface area contributed by atoms with Crippen molar-refractivity contribution >= 4 is 15.9 Å². The van der Waals surface area contributed by atoms with E-state index in [1.54, 1.807) is 0 Å². The molecule has 1 aliphatic rings. The quantitative estimate of drug-likeness (QED) is 0.431. The third kappa shape index (κ3) is 1.10. The summed E-state index contributed by atoms with van der Waals surface area (Å²) in [6.07, 6.45) is 0. The Hall–Kier alpha value is -0.320. The fourth-order valence-electron chi connectivity index (χ4n) is 0.479. The molecule has 0 atom stereocenters. The molecule has 0 fully saturated rings. The molecule has 5 heteroatoms. The van der Waals surface area contributed by atoms with E-state index in [1.807, 2.05) is 20.8 Å². The van der Waals surface area contributed by atoms with Gasteiger partial charge in [-0.25, -0.2) is 0 Å². The molecule has 0 N–H and O–H groups in total. The Kier molecular flexibility index (Phi) is 1.62. The standard InChI is InChI=1S/C5H9BrN4/c1-4(2,3)5(6)7-9-10-8-5/h1-3H3. The zero-order chi connectivity index (χ0) is 7.83. The maximum atomic E-state index is 3.85. The van der Waals surface area contributed by atoms with Gasteiger partial charge in [0.25, 0.3) is 4.57 Å². The van der Waals surface area contributed by atoms with E-state index in [2.05, 4.69) is 36.6 Å². The average molecular weight is 205 g/mol. The van der Waals surface area contributed by atoms with Crippen molar-refractivity contribution in [2.24, 2.45) is 26.1 Å². The van der Waals surface area contributed by atoms with Gasteiger partial charge in [0.2, 0.25) is 0 Å². The second kappa shape index (κ2) is 2.08. The van der Waals surface area contributed by atoms with Gasteiger partial charge in [0.05, 0.1) is 0 Å². The summed E-state index contributed by atoms with van der Waals surface area (Å²) in [4.78, 5) is 0. The van der Waals surface area contributed by atoms with Crippen LogP contribution in [-0.2, 0) is 0 Å². The molecule has 4 nitrogen and oxygen atoms in total. The molecular formula is C5H9BrN4. The molecule has 1 aliphatic heterocycles. The Bertz CT molecular complexity index is 178. The Balaban J connectivity index is 2.90. The molecule has 0 saturated heterocycles. The van der Waals surface area contributed by atoms with Gasteiger partial charge in [-0.15, -0.1) is 10.2 Å². The highest BCUT2D eigenvalue weighted by Gasteiger charge is 2.42. The fraction of sp³-hybridized carbons (Fsp3) is 1.00. The van der Waals surface area contributed by atoms with Crippen LogP contribution in [0.15, 0.2) is 20.7 Å². The summed E-state index contributed by atoms with van der Waals surface area (Å²) in [5.74, 6) is 0. The molecule has 1 heterocycles. The summed E-state index contributed by atoms with van der Waals surface area (Å²) in [6.45, 7) is 6.06. The number of hydrogen-bond donors (Lipinski definition) is 0. The molecule has 0 aliphatic carbocycles. The number of hydrogen-bond acceptors (Lipinski definition) is 4. The molecule has 0 unspecified atom stereocenters. The highest BCUT2D eigenvalue weighted by Crippen LogP contribution is 2.43. The first-order valence-corrected chi connectivity index (χ1v) is 3.78. The number of rotatable bonds is 0. The van der Waals surface area contributed by atoms with E-state index in [4.69, 9.17) is 0 Å². The second-order valence-electron chi connectivity index (χ2n) is 3.22. The number of nitrogens with zero attached hydrogens (tertiary/aromatic N) is 4. The molecule has 0 bridgehead atoms. The first-order chi connectivity index (χ1) is 4.46. The molecule has 0 saturated carbocycles. The van der Waals surface area contributed by atoms with Crippen LogP contribution in [0.25, 0.3) is 0 Å². The Labute approximate surface area is 67.9 Å². The van der Waals surface area contributed by atoms with E-state index in [9.17, 15) is 0 Å². The van der Waals surface area contributed by atoms with Crippen LogP contribution in [0.1, 0.15) is 20.8 Å². The molecule has 0 aromatic rings. The van der Waals surface area contributed by atoms with Crippen LogP contribution in [0, 0.1) is 5.41 Å². The second-order valence-corrected chi connectivity index (χ2v) is 4.32. The van der Waals surface area contributed by atoms with Gasteiger partial charge < -0.3 is 0 Å². The Morgan fingerprint density at radius 2 is 1.50 bits per heavy atom. The van der Waals surface area contributed by atoms with Crippen LogP contribution >= 0.6 is 15.9 Å². The third-order valence-corrected chi connectivity index (χ3v) is 2.86. The molecule has 0 radical (unpaired) electrons. The summed E-state index contributed by atoms with van der Waals surface area (Å²) in [6, 6.07) is 0. The zero-order valence-corrected chi connectivity index (χ0v) is 7.75. The molecule has 0 amide bonds. The maximum Gasteiger partial charge on any atom is 0.253 e. The predicted octanol–water partition coefficient (Wildman–Crippen LogP) is 2.91. The summed E-state index contributed by atoms with van der Waals surface area (Å²) >= 11 is 3.35. The molecule has 0 spiro atoms. The number of alkyl halides is 1. The fourth-order valence-corrected chi connectivity index (χ4v) is 0.620. The lowest BCUT2D eigenvalue weighted by atomic mass is 9.93. The van der Waals surface area contributed by atoms with Gasteiger partial charge >= 0.3 is 0 Å². The van der Waals surface area contributed by atoms with Crippen molar-refractivity contribution in [3.05, 3.63) is 0 Å². The van der Waals surface area contributed by atoms with E-state index in [1.165, 1.54) is 0 Å². The monoisotopic (exact) mass is 204 g/mol. The molecule has 10 heavy (non-hydrogen) atoms. The average Bonchev–Trinajstić information content (AvgIpc) is 2.13. The van der Waals surface area contributed by atoms with Crippen molar-refractivity contribution in [2.75, 3.05) is 0 Å². The highest BCUT2D eigenvalue weighted by molar-refractivity contribution is 9.10. The van der Waals surface area contributed by atoms with E-state index >= 15 is 0 Å². The van der Waals surface area contributed by atoms with Crippen LogP contribution in [0.5, 0.6) is 0 Å². The van der Waals surface area contributed by atoms with Gasteiger partial charge in [-0.1, -0.05) is 20.8 Å². The lowest BCUT2D eigenvalue weighted by Gasteiger charge is -2.27. The summed E-state index contributed by atoms with van der Waals surface area (Å²) in [7, 11) is 0. The van der Waals surface area contributed by atoms with E-state index in [0.29, 0.717) is 0 Å². The van der Waals surface area contributed by atoms with Gasteiger partial charge in [0.1, 0.15) is 0 Å². The molecule has 1 rings (SSSR count). The summed E-state index contributed by atoms with van der Waals surface area (Å²) in [5, 5.41) is 14.6. The largest absolute Gasteiger partial charge is 0.253 e. The third-order valence-electron chi connectivity index (χ3n) is 1.35. The highest BCUT2D eigenvalue weighted by atomic mass is 79.9. The summed E-state index contributed by atoms with van der Waals surface area (Å²) in [5.41, 5.74) is -0.0868. The minimum absolute atomic E-state index is 0.0868. The van der Waals surface area contributed by atoms with Gasteiger partial charge in [-0.2, -0.15) is 0 Å². The maximum absolute atomic E-state index is 3.85. The first kappa shape index (κ1) is 7.78. The summed E-state index contributed by atoms with van der Waals surface area (Å²) < 4.78 is -0.639. The van der Waals surface area contributed by atoms with Gasteiger partial charge in [-0.05, 0) is 26.4 Å². The van der Waals surface area contributed by atoms with Crippen molar-refractivity contribution in [3.8, 4) is 0 Å². The predicted molar refractivity (Wildman–Crippen MR) is 40.8 cm³/mol. The molecule has 0 aromatic carbocycles. The SMILES string of the molecule is CC(C)(C)C1(Br)N=NN=N1. The smallest absolute Gasteiger partial charge is 0.122 e. The van der Waals surface area contributed by atoms with Crippen molar-refractivity contribution < 1.29 is 0 Å². The van der Waals surface area contributed by atoms with Gasteiger partial charge in [-0.3, -0.25) is 0 Å². The van der Waals surface area contributed by atoms with Crippen molar-refractivity contribution in [1.82, 2.24) is 0 Å². The minimum Gasteiger partial charge on any atom is -0.122 e. The van der Waals surface area contributed by atoms with E-state index in [0.717, 1.165) is 0 Å². The van der Waals surface area contributed by atoms with Gasteiger partial charge in [0, 0.05) is 5.41 Å². The van der Waals surface area contributed by atoms with Crippen LogP contribution in [0.2, 0.25) is 0 Å². The van der Waals surface area contributed by atoms with Crippen LogP contribution in [0.4, 0.5) is 0 Å². The molecule has 0 aromatic heterocycles. The van der Waals surface area contributed by atoms with Crippen LogP contribution in [-0.4, -0.2) is 4.57 Å². The van der Waals surface area contributed by atoms with Crippen molar-refractivity contribution in [3.63, 3.8) is 0 Å². The lowest BCUT2D eigenvalue weighted by molar-refractivity contribution is 0.302. The van der Waals surface area contributed by atoms with E-state index < -0.39 is 4.57 Å². The van der Waals surface area contributed by atoms with E-state index in [-0.39, 0.29) is 5.41 Å². The van der Waals surface area contributed by atoms with Crippen LogP contribution in [0.3, 0.4) is 0 Å². The molecule has 56 valence electrons. The zero-order valence-electron chi connectivity index (χ0n) is 6.17. The topological polar surface area (TPSA) is 49.4 Å². The first-order valence-electron chi connectivity index (χ1n) is 2.99. The van der Waals surface area contributed by atoms with Crippen molar-refractivity contribution in [2.45, 2.75) is 25.3 Å². The molecular weight excluding hydrogens is 196 g/mol. The Morgan fingerprint density at radius 3 is 1.70 bits per heavy atom. The Morgan fingerprint density at radius 1 is 1.10 bits per heavy atom. The normalized spacial score (nSPS) is 22.0. The number of halogens is 1.